The van der Waals surface area contributed by atoms with Crippen molar-refractivity contribution < 1.29 is 4.79 Å². The van der Waals surface area contributed by atoms with Crippen molar-refractivity contribution in [2.75, 3.05) is 7.05 Å². The lowest BCUT2D eigenvalue weighted by molar-refractivity contribution is -0.120. The van der Waals surface area contributed by atoms with Gasteiger partial charge in [-0.05, 0) is 29.3 Å². The number of rotatable bonds is 4. The Labute approximate surface area is 102 Å². The first-order chi connectivity index (χ1) is 7.56. The summed E-state index contributed by atoms with van der Waals surface area (Å²) in [7, 11) is 1.60. The smallest absolute Gasteiger partial charge is 0.267 e. The fourth-order valence-electron chi connectivity index (χ4n) is 1.24. The molecule has 5 nitrogen and oxygen atoms in total. The van der Waals surface area contributed by atoms with Crippen LogP contribution in [0.3, 0.4) is 0 Å². The monoisotopic (exact) mass is 287 g/mol. The molecule has 0 saturated carbocycles. The third kappa shape index (κ3) is 3.16. The quantitative estimate of drug-likeness (QED) is 0.893. The number of halogens is 1. The number of carbonyl (C=O) groups excluding carboxylic acids is 1. The normalized spacial score (nSPS) is 10.2. The molecular weight excluding hydrogens is 274 g/mol. The van der Waals surface area contributed by atoms with Gasteiger partial charge in [0.1, 0.15) is 4.47 Å². The Hall–Kier alpha value is -1.17. The van der Waals surface area contributed by atoms with Crippen LogP contribution < -0.4 is 10.9 Å². The zero-order valence-corrected chi connectivity index (χ0v) is 10.9. The average Bonchev–Trinajstić information content (AvgIpc) is 2.29. The number of nitrogens with one attached hydrogen (secondary N) is 1. The molecule has 16 heavy (non-hydrogen) atoms. The predicted octanol–water partition coefficient (Wildman–Crippen LogP) is 0.840. The van der Waals surface area contributed by atoms with Crippen LogP contribution in [0, 0.1) is 6.92 Å². The zero-order chi connectivity index (χ0) is 12.1. The molecule has 1 N–H and O–H groups in total. The molecule has 1 aromatic heterocycles. The molecule has 0 unspecified atom stereocenters. The van der Waals surface area contributed by atoms with Crippen LogP contribution in [-0.4, -0.2) is 22.5 Å². The SMILES string of the molecule is CNC(=O)CCCn1cnc(C)c(Br)c1=O. The van der Waals surface area contributed by atoms with Crippen LogP contribution in [0.4, 0.5) is 0 Å². The van der Waals surface area contributed by atoms with E-state index in [0.29, 0.717) is 29.6 Å². The summed E-state index contributed by atoms with van der Waals surface area (Å²) in [6.45, 7) is 2.26. The predicted molar refractivity (Wildman–Crippen MR) is 64.2 cm³/mol. The van der Waals surface area contributed by atoms with E-state index in [4.69, 9.17) is 0 Å². The lowest BCUT2D eigenvalue weighted by atomic mass is 10.3. The van der Waals surface area contributed by atoms with E-state index in [-0.39, 0.29) is 11.5 Å². The first kappa shape index (κ1) is 12.9. The summed E-state index contributed by atoms with van der Waals surface area (Å²) < 4.78 is 1.98. The van der Waals surface area contributed by atoms with Crippen molar-refractivity contribution in [1.82, 2.24) is 14.9 Å². The Balaban J connectivity index is 2.65. The van der Waals surface area contributed by atoms with Crippen molar-refractivity contribution in [3.8, 4) is 0 Å². The van der Waals surface area contributed by atoms with Crippen LogP contribution in [0.15, 0.2) is 15.6 Å². The van der Waals surface area contributed by atoms with Gasteiger partial charge in [0.25, 0.3) is 5.56 Å². The standard InChI is InChI=1S/C10H14BrN3O2/c1-7-9(11)10(16)14(6-13-7)5-3-4-8(15)12-2/h6H,3-5H2,1-2H3,(H,12,15). The fraction of sp³-hybridized carbons (Fsp3) is 0.500. The molecule has 0 saturated heterocycles. The topological polar surface area (TPSA) is 64.0 Å². The molecule has 1 amide bonds. The van der Waals surface area contributed by atoms with Crippen LogP contribution in [0.5, 0.6) is 0 Å². The molecule has 0 fully saturated rings. The highest BCUT2D eigenvalue weighted by Crippen LogP contribution is 2.06. The van der Waals surface area contributed by atoms with Gasteiger partial charge in [-0.25, -0.2) is 4.98 Å². The first-order valence-corrected chi connectivity index (χ1v) is 5.77. The highest BCUT2D eigenvalue weighted by atomic mass is 79.9. The van der Waals surface area contributed by atoms with Crippen molar-refractivity contribution in [3.63, 3.8) is 0 Å². The molecule has 1 heterocycles. The van der Waals surface area contributed by atoms with E-state index >= 15 is 0 Å². The van der Waals surface area contributed by atoms with E-state index in [1.165, 1.54) is 10.9 Å². The first-order valence-electron chi connectivity index (χ1n) is 4.98. The second kappa shape index (κ2) is 5.79. The number of nitrogens with zero attached hydrogens (tertiary/aromatic N) is 2. The van der Waals surface area contributed by atoms with Gasteiger partial charge in [0.15, 0.2) is 0 Å². The summed E-state index contributed by atoms with van der Waals surface area (Å²) >= 11 is 3.19. The number of aromatic nitrogens is 2. The van der Waals surface area contributed by atoms with E-state index in [0.717, 1.165) is 0 Å². The van der Waals surface area contributed by atoms with Crippen LogP contribution in [0.1, 0.15) is 18.5 Å². The average molecular weight is 288 g/mol. The molecule has 0 bridgehead atoms. The molecule has 0 spiro atoms. The highest BCUT2D eigenvalue weighted by Gasteiger charge is 2.05. The maximum Gasteiger partial charge on any atom is 0.267 e. The van der Waals surface area contributed by atoms with E-state index in [1.807, 2.05) is 0 Å². The van der Waals surface area contributed by atoms with Crippen molar-refractivity contribution in [2.45, 2.75) is 26.3 Å². The van der Waals surface area contributed by atoms with Gasteiger partial charge in [-0.1, -0.05) is 0 Å². The van der Waals surface area contributed by atoms with E-state index in [1.54, 1.807) is 14.0 Å². The molecule has 0 aliphatic heterocycles. The molecule has 0 aliphatic carbocycles. The van der Waals surface area contributed by atoms with E-state index in [2.05, 4.69) is 26.2 Å². The second-order valence-electron chi connectivity index (χ2n) is 3.42. The molecule has 88 valence electrons. The number of hydrogen-bond acceptors (Lipinski definition) is 3. The van der Waals surface area contributed by atoms with Crippen molar-refractivity contribution >= 4 is 21.8 Å². The molecule has 0 atom stereocenters. The number of hydrogen-bond donors (Lipinski definition) is 1. The van der Waals surface area contributed by atoms with Crippen LogP contribution in [0.2, 0.25) is 0 Å². The lowest BCUT2D eigenvalue weighted by Crippen LogP contribution is -2.23. The van der Waals surface area contributed by atoms with Crippen LogP contribution >= 0.6 is 15.9 Å². The van der Waals surface area contributed by atoms with Crippen molar-refractivity contribution in [3.05, 3.63) is 26.8 Å². The number of carbonyl (C=O) groups is 1. The Morgan fingerprint density at radius 2 is 2.31 bits per heavy atom. The summed E-state index contributed by atoms with van der Waals surface area (Å²) in [5.74, 6) is -0.0211. The number of amides is 1. The largest absolute Gasteiger partial charge is 0.359 e. The third-order valence-electron chi connectivity index (χ3n) is 2.24. The summed E-state index contributed by atoms with van der Waals surface area (Å²) in [4.78, 5) is 26.8. The Morgan fingerprint density at radius 3 is 2.94 bits per heavy atom. The van der Waals surface area contributed by atoms with Gasteiger partial charge in [0.05, 0.1) is 12.0 Å². The molecule has 0 radical (unpaired) electrons. The molecule has 6 heteroatoms. The Morgan fingerprint density at radius 1 is 1.62 bits per heavy atom. The van der Waals surface area contributed by atoms with Gasteiger partial charge in [0, 0.05) is 20.0 Å². The molecule has 1 aromatic rings. The summed E-state index contributed by atoms with van der Waals surface area (Å²) in [5, 5.41) is 2.54. The van der Waals surface area contributed by atoms with Crippen LogP contribution in [-0.2, 0) is 11.3 Å². The van der Waals surface area contributed by atoms with Crippen molar-refractivity contribution in [1.29, 1.82) is 0 Å². The molecule has 0 aliphatic rings. The Bertz CT molecular complexity index is 442. The van der Waals surface area contributed by atoms with Gasteiger partial charge >= 0.3 is 0 Å². The lowest BCUT2D eigenvalue weighted by Gasteiger charge is -2.06. The minimum Gasteiger partial charge on any atom is -0.359 e. The summed E-state index contributed by atoms with van der Waals surface area (Å²) in [5.41, 5.74) is 0.567. The van der Waals surface area contributed by atoms with Gasteiger partial charge in [0.2, 0.25) is 5.91 Å². The highest BCUT2D eigenvalue weighted by molar-refractivity contribution is 9.10. The Kier molecular flexibility index (Phi) is 4.67. The maximum absolute atomic E-state index is 11.7. The third-order valence-corrected chi connectivity index (χ3v) is 3.15. The van der Waals surface area contributed by atoms with E-state index < -0.39 is 0 Å². The van der Waals surface area contributed by atoms with Crippen LogP contribution in [0.25, 0.3) is 0 Å². The summed E-state index contributed by atoms with van der Waals surface area (Å²) in [6.07, 6.45) is 2.54. The van der Waals surface area contributed by atoms with Gasteiger partial charge < -0.3 is 5.32 Å². The van der Waals surface area contributed by atoms with E-state index in [9.17, 15) is 9.59 Å². The zero-order valence-electron chi connectivity index (χ0n) is 9.29. The maximum atomic E-state index is 11.7. The molecule has 1 rings (SSSR count). The minimum absolute atomic E-state index is 0.0211. The summed E-state index contributed by atoms with van der Waals surface area (Å²) in [6, 6.07) is 0. The molecular formula is C10H14BrN3O2. The van der Waals surface area contributed by atoms with Gasteiger partial charge in [-0.3, -0.25) is 14.2 Å². The minimum atomic E-state index is -0.107. The molecule has 0 aromatic carbocycles. The van der Waals surface area contributed by atoms with Crippen molar-refractivity contribution in [2.24, 2.45) is 0 Å². The van der Waals surface area contributed by atoms with Gasteiger partial charge in [-0.2, -0.15) is 0 Å². The van der Waals surface area contributed by atoms with Gasteiger partial charge in [-0.15, -0.1) is 0 Å². The number of aryl methyl sites for hydroxylation is 2. The second-order valence-corrected chi connectivity index (χ2v) is 4.21. The fourth-order valence-corrected chi connectivity index (χ4v) is 1.57.